The number of ether oxygens (including phenoxy) is 1. The molecule has 2 amide bonds. The van der Waals surface area contributed by atoms with Gasteiger partial charge in [-0.05, 0) is 38.5 Å². The molecule has 0 saturated heterocycles. The van der Waals surface area contributed by atoms with Crippen molar-refractivity contribution in [3.05, 3.63) is 0 Å². The first-order chi connectivity index (χ1) is 15.4. The molecular formula is C22H38N4O6. The fraction of sp³-hybridized carbons (Fsp3) is 0.818. The van der Waals surface area contributed by atoms with Crippen molar-refractivity contribution >= 4 is 23.6 Å². The first-order valence-corrected chi connectivity index (χ1v) is 11.6. The summed E-state index contributed by atoms with van der Waals surface area (Å²) in [6.45, 7) is -0.186. The van der Waals surface area contributed by atoms with Gasteiger partial charge >= 0.3 is 5.97 Å². The Hall–Kier alpha value is -2.04. The van der Waals surface area contributed by atoms with Crippen LogP contribution >= 0.6 is 0 Å². The third kappa shape index (κ3) is 9.62. The van der Waals surface area contributed by atoms with Crippen LogP contribution in [0.15, 0.2) is 0 Å². The lowest BCUT2D eigenvalue weighted by atomic mass is 9.91. The molecule has 0 aromatic rings. The predicted molar refractivity (Wildman–Crippen MR) is 118 cm³/mol. The van der Waals surface area contributed by atoms with Gasteiger partial charge in [-0.25, -0.2) is 0 Å². The minimum absolute atomic E-state index is 0.00946. The maximum absolute atomic E-state index is 12.6. The van der Waals surface area contributed by atoms with Crippen molar-refractivity contribution in [1.82, 2.24) is 20.9 Å². The van der Waals surface area contributed by atoms with Gasteiger partial charge in [-0.15, -0.1) is 0 Å². The molecule has 2 saturated carbocycles. The van der Waals surface area contributed by atoms with Gasteiger partial charge in [-0.1, -0.05) is 19.3 Å². The zero-order valence-corrected chi connectivity index (χ0v) is 19.1. The number of hydrogen-bond acceptors (Lipinski definition) is 8. The Morgan fingerprint density at radius 1 is 0.844 bits per heavy atom. The van der Waals surface area contributed by atoms with Crippen molar-refractivity contribution in [2.45, 2.75) is 75.9 Å². The Morgan fingerprint density at radius 2 is 1.44 bits per heavy atom. The number of carbonyl (C=O) groups is 4. The van der Waals surface area contributed by atoms with Gasteiger partial charge in [0.1, 0.15) is 6.61 Å². The van der Waals surface area contributed by atoms with Crippen LogP contribution < -0.4 is 16.0 Å². The number of hydrogen-bond donors (Lipinski definition) is 4. The van der Waals surface area contributed by atoms with E-state index in [1.165, 1.54) is 13.5 Å². The van der Waals surface area contributed by atoms with Gasteiger partial charge < -0.3 is 20.5 Å². The number of aliphatic hydroxyl groups is 1. The van der Waals surface area contributed by atoms with Gasteiger partial charge in [0.25, 0.3) is 0 Å². The van der Waals surface area contributed by atoms with E-state index in [1.807, 2.05) is 4.90 Å². The quantitative estimate of drug-likeness (QED) is 0.289. The molecule has 0 heterocycles. The molecule has 0 aliphatic heterocycles. The summed E-state index contributed by atoms with van der Waals surface area (Å²) in [6, 6.07) is 0.315. The molecule has 0 radical (unpaired) electrons. The average molecular weight is 455 g/mol. The van der Waals surface area contributed by atoms with E-state index >= 15 is 0 Å². The lowest BCUT2D eigenvalue weighted by Crippen LogP contribution is -2.50. The SMILES string of the molecule is COC(=O)CNCC(=O)NC1CCC(NC(=O)CN(CC(=O)CO)C2CCCCC2)CC1. The smallest absolute Gasteiger partial charge is 0.319 e. The zero-order chi connectivity index (χ0) is 23.3. The molecule has 0 atom stereocenters. The van der Waals surface area contributed by atoms with Gasteiger partial charge in [0.2, 0.25) is 11.8 Å². The number of amides is 2. The highest BCUT2D eigenvalue weighted by atomic mass is 16.5. The maximum atomic E-state index is 12.6. The third-order valence-electron chi connectivity index (χ3n) is 6.23. The lowest BCUT2D eigenvalue weighted by Gasteiger charge is -2.34. The molecule has 2 fully saturated rings. The number of carbonyl (C=O) groups excluding carboxylic acids is 4. The molecule has 2 rings (SSSR count). The summed E-state index contributed by atoms with van der Waals surface area (Å²) in [6.07, 6.45) is 8.42. The second kappa shape index (κ2) is 14.2. The van der Waals surface area contributed by atoms with Gasteiger partial charge in [0.15, 0.2) is 5.78 Å². The van der Waals surface area contributed by atoms with Crippen LogP contribution in [0.5, 0.6) is 0 Å². The van der Waals surface area contributed by atoms with Crippen molar-refractivity contribution in [1.29, 1.82) is 0 Å². The van der Waals surface area contributed by atoms with Crippen LogP contribution in [0.3, 0.4) is 0 Å². The first kappa shape index (κ1) is 26.2. The summed E-state index contributed by atoms with van der Waals surface area (Å²) in [5, 5.41) is 17.9. The fourth-order valence-electron chi connectivity index (χ4n) is 4.51. The van der Waals surface area contributed by atoms with Crippen LogP contribution in [0.25, 0.3) is 0 Å². The number of Topliss-reactive ketones (excluding diaryl/α,β-unsaturated/α-hetero) is 1. The normalized spacial score (nSPS) is 21.7. The largest absolute Gasteiger partial charge is 0.468 e. The van der Waals surface area contributed by atoms with E-state index in [9.17, 15) is 19.2 Å². The monoisotopic (exact) mass is 454 g/mol. The molecule has 10 nitrogen and oxygen atoms in total. The van der Waals surface area contributed by atoms with Crippen LogP contribution in [0.1, 0.15) is 57.8 Å². The van der Waals surface area contributed by atoms with Gasteiger partial charge in [-0.2, -0.15) is 0 Å². The van der Waals surface area contributed by atoms with Crippen molar-refractivity contribution in [2.75, 3.05) is 39.9 Å². The number of aliphatic hydroxyl groups excluding tert-OH is 1. The van der Waals surface area contributed by atoms with E-state index in [0.717, 1.165) is 51.4 Å². The topological polar surface area (TPSA) is 137 Å². The third-order valence-corrected chi connectivity index (χ3v) is 6.23. The standard InChI is InChI=1S/C22H38N4O6/c1-32-22(31)12-23-11-20(29)24-16-7-9-17(10-8-16)25-21(30)14-26(13-19(28)15-27)18-5-3-2-4-6-18/h16-18,23,27H,2-15H2,1H3,(H,24,29)(H,25,30). The minimum atomic E-state index is -0.501. The van der Waals surface area contributed by atoms with Crippen LogP contribution in [-0.4, -0.2) is 91.6 Å². The Kier molecular flexibility index (Phi) is 11.6. The van der Waals surface area contributed by atoms with E-state index < -0.39 is 12.6 Å². The zero-order valence-electron chi connectivity index (χ0n) is 19.1. The number of nitrogens with one attached hydrogen (secondary N) is 3. The van der Waals surface area contributed by atoms with Crippen molar-refractivity contribution in [3.8, 4) is 0 Å². The van der Waals surface area contributed by atoms with E-state index in [1.54, 1.807) is 0 Å². The Labute approximate surface area is 189 Å². The Morgan fingerprint density at radius 3 is 2.00 bits per heavy atom. The van der Waals surface area contributed by atoms with Crippen LogP contribution in [-0.2, 0) is 23.9 Å². The average Bonchev–Trinajstić information content (AvgIpc) is 2.80. The molecule has 2 aliphatic carbocycles. The molecule has 10 heteroatoms. The maximum Gasteiger partial charge on any atom is 0.319 e. The summed E-state index contributed by atoms with van der Waals surface area (Å²) in [5.41, 5.74) is 0. The summed E-state index contributed by atoms with van der Waals surface area (Å²) < 4.78 is 4.51. The number of nitrogens with zero attached hydrogens (tertiary/aromatic N) is 1. The number of esters is 1. The molecule has 0 aromatic heterocycles. The number of rotatable bonds is 12. The van der Waals surface area contributed by atoms with Crippen molar-refractivity contribution in [2.24, 2.45) is 0 Å². The second-order valence-electron chi connectivity index (χ2n) is 8.76. The summed E-state index contributed by atoms with van der Waals surface area (Å²) in [4.78, 5) is 49.4. The van der Waals surface area contributed by atoms with Crippen LogP contribution in [0.4, 0.5) is 0 Å². The summed E-state index contributed by atoms with van der Waals surface area (Å²) in [7, 11) is 1.30. The fourth-order valence-corrected chi connectivity index (χ4v) is 4.51. The van der Waals surface area contributed by atoms with Crippen molar-refractivity contribution < 1.29 is 29.0 Å². The Balaban J connectivity index is 1.70. The van der Waals surface area contributed by atoms with E-state index in [-0.39, 0.29) is 61.9 Å². The molecule has 0 unspecified atom stereocenters. The van der Waals surface area contributed by atoms with Gasteiger partial charge in [-0.3, -0.25) is 29.4 Å². The number of methoxy groups -OCH3 is 1. The van der Waals surface area contributed by atoms with Gasteiger partial charge in [0.05, 0.1) is 33.3 Å². The molecule has 0 spiro atoms. The minimum Gasteiger partial charge on any atom is -0.468 e. The molecule has 0 bridgehead atoms. The molecule has 32 heavy (non-hydrogen) atoms. The van der Waals surface area contributed by atoms with Crippen LogP contribution in [0.2, 0.25) is 0 Å². The van der Waals surface area contributed by atoms with E-state index in [0.29, 0.717) is 0 Å². The van der Waals surface area contributed by atoms with E-state index in [4.69, 9.17) is 5.11 Å². The predicted octanol–water partition coefficient (Wildman–Crippen LogP) is -0.511. The molecule has 4 N–H and O–H groups in total. The van der Waals surface area contributed by atoms with Crippen LogP contribution in [0, 0.1) is 0 Å². The van der Waals surface area contributed by atoms with E-state index in [2.05, 4.69) is 20.7 Å². The highest BCUT2D eigenvalue weighted by molar-refractivity contribution is 5.83. The van der Waals surface area contributed by atoms with Gasteiger partial charge in [0, 0.05) is 18.1 Å². The molecule has 2 aliphatic rings. The molecular weight excluding hydrogens is 416 g/mol. The summed E-state index contributed by atoms with van der Waals surface area (Å²) in [5.74, 6) is -0.948. The second-order valence-corrected chi connectivity index (χ2v) is 8.76. The molecule has 0 aromatic carbocycles. The molecule has 182 valence electrons. The highest BCUT2D eigenvalue weighted by Gasteiger charge is 2.27. The first-order valence-electron chi connectivity index (χ1n) is 11.6. The number of ketones is 1. The van der Waals surface area contributed by atoms with Crippen molar-refractivity contribution in [3.63, 3.8) is 0 Å². The highest BCUT2D eigenvalue weighted by Crippen LogP contribution is 2.23. The lowest BCUT2D eigenvalue weighted by molar-refractivity contribution is -0.139. The Bertz CT molecular complexity index is 630. The summed E-state index contributed by atoms with van der Waals surface area (Å²) >= 11 is 0.